The Balaban J connectivity index is -0.000000569. The first-order valence-electron chi connectivity index (χ1n) is 13.4. The van der Waals surface area contributed by atoms with Gasteiger partial charge in [0.25, 0.3) is 0 Å². The Morgan fingerprint density at radius 2 is 0.629 bits per heavy atom. The number of hydrogen-bond donors (Lipinski definition) is 0. The van der Waals surface area contributed by atoms with Crippen LogP contribution in [0.25, 0.3) is 0 Å². The summed E-state index contributed by atoms with van der Waals surface area (Å²) in [6.07, 6.45) is 18.9. The molecule has 2 radical (unpaired) electrons. The smallest absolute Gasteiger partial charge is 0.691 e. The molecule has 0 fully saturated rings. The Labute approximate surface area is 256 Å². The minimum atomic E-state index is -2.37. The van der Waals surface area contributed by atoms with Crippen molar-refractivity contribution in [2.75, 3.05) is 26.4 Å². The van der Waals surface area contributed by atoms with E-state index in [1.54, 1.807) is 0 Å². The van der Waals surface area contributed by atoms with Crippen LogP contribution in [0.2, 0.25) is 0 Å². The third-order valence-corrected chi connectivity index (χ3v) is 9.51. The Morgan fingerprint density at radius 1 is 0.429 bits per heavy atom. The summed E-state index contributed by atoms with van der Waals surface area (Å²) in [6, 6.07) is 0. The molecule has 0 unspecified atom stereocenters. The van der Waals surface area contributed by atoms with E-state index in [2.05, 4.69) is 27.7 Å². The monoisotopic (exact) mass is 714 g/mol. The van der Waals surface area contributed by atoms with E-state index in [4.69, 9.17) is 66.2 Å². The van der Waals surface area contributed by atoms with Crippen molar-refractivity contribution in [2.45, 2.75) is 130 Å². The third-order valence-electron chi connectivity index (χ3n) is 4.99. The summed E-state index contributed by atoms with van der Waals surface area (Å²) < 4.78 is 22.0. The minimum Gasteiger partial charge on any atom is -0.691 e. The van der Waals surface area contributed by atoms with Crippen molar-refractivity contribution in [1.29, 1.82) is 0 Å². The van der Waals surface area contributed by atoms with Crippen molar-refractivity contribution in [1.82, 2.24) is 0 Å². The molecule has 0 amide bonds. The van der Waals surface area contributed by atoms with Crippen LogP contribution in [0.15, 0.2) is 0 Å². The van der Waals surface area contributed by atoms with Crippen LogP contribution >= 0.6 is 11.4 Å². The summed E-state index contributed by atoms with van der Waals surface area (Å²) >= 11 is 20.7. The summed E-state index contributed by atoms with van der Waals surface area (Å²) in [6.45, 7) is 11.4. The van der Waals surface area contributed by atoms with Crippen LogP contribution in [-0.2, 0) is 66.2 Å². The summed E-state index contributed by atoms with van der Waals surface area (Å²) in [7, 11) is 0. The van der Waals surface area contributed by atoms with Gasteiger partial charge in [0.1, 0.15) is 0 Å². The molecular weight excluding hydrogens is 661 g/mol. The normalized spacial score (nSPS) is 11.6. The Bertz CT molecular complexity index is 440. The first-order chi connectivity index (χ1) is 16.2. The molecule has 0 N–H and O–H groups in total. The Kier molecular flexibility index (Phi) is 37.5. The van der Waals surface area contributed by atoms with Gasteiger partial charge in [-0.25, -0.2) is 0 Å². The average Bonchev–Trinajstić information content (AvgIpc) is 2.79. The fourth-order valence-corrected chi connectivity index (χ4v) is 6.24. The molecule has 0 aromatic carbocycles. The summed E-state index contributed by atoms with van der Waals surface area (Å²) in [5.41, 5.74) is -4.75. The van der Waals surface area contributed by atoms with E-state index in [1.165, 1.54) is 77.0 Å². The van der Waals surface area contributed by atoms with Crippen molar-refractivity contribution in [3.05, 3.63) is 0 Å². The van der Waals surface area contributed by atoms with E-state index in [0.717, 1.165) is 25.7 Å². The first-order valence-corrected chi connectivity index (χ1v) is 20.7. The van der Waals surface area contributed by atoms with Gasteiger partial charge in [-0.3, -0.25) is 0 Å². The summed E-state index contributed by atoms with van der Waals surface area (Å²) in [5.74, 6) is 0. The zero-order valence-electron chi connectivity index (χ0n) is 22.8. The standard InChI is InChI=1S/2C12H27O2PS2.Sn/c2*1-3-5-7-9-11-13-15(16,17)14-12-10-8-6-4-2;/h2*3-12H2,1-2H3,(H,16,17);/q;;+2/p-2. The van der Waals surface area contributed by atoms with Gasteiger partial charge in [-0.15, -0.1) is 0 Å². The number of hydrogen-bond acceptors (Lipinski definition) is 8. The largest absolute Gasteiger partial charge is 2.00 e. The molecule has 11 heteroatoms. The summed E-state index contributed by atoms with van der Waals surface area (Å²) in [5, 5.41) is 0. The minimum absolute atomic E-state index is 0. The zero-order valence-corrected chi connectivity index (χ0v) is 30.7. The SMILES string of the molecule is CCCCCCOP(=S)([S-])OCCCCCC.CCCCCCOP(=S)([S-])OCCCCCC.[Sn+2]. The zero-order chi connectivity index (χ0) is 26.0. The van der Waals surface area contributed by atoms with Crippen LogP contribution < -0.4 is 0 Å². The van der Waals surface area contributed by atoms with E-state index in [9.17, 15) is 0 Å². The molecule has 0 aromatic rings. The van der Waals surface area contributed by atoms with Crippen LogP contribution in [0.1, 0.15) is 130 Å². The number of rotatable bonds is 24. The van der Waals surface area contributed by atoms with Gasteiger partial charge in [0.2, 0.25) is 0 Å². The second kappa shape index (κ2) is 31.2. The molecule has 0 heterocycles. The molecular formula is C24H52O4P2S4Sn. The molecule has 0 aromatic heterocycles. The summed E-state index contributed by atoms with van der Waals surface area (Å²) in [4.78, 5) is 0. The van der Waals surface area contributed by atoms with Crippen LogP contribution in [0.3, 0.4) is 0 Å². The van der Waals surface area contributed by atoms with Crippen LogP contribution in [-0.4, -0.2) is 50.3 Å². The molecule has 0 saturated heterocycles. The Morgan fingerprint density at radius 3 is 0.800 bits per heavy atom. The van der Waals surface area contributed by atoms with Gasteiger partial charge < -0.3 is 42.6 Å². The van der Waals surface area contributed by atoms with Gasteiger partial charge in [-0.2, -0.15) is 0 Å². The predicted octanol–water partition coefficient (Wildman–Crippen LogP) is 9.52. The maximum absolute atomic E-state index is 5.50. The average molecular weight is 714 g/mol. The van der Waals surface area contributed by atoms with Gasteiger partial charge >= 0.3 is 23.9 Å². The molecule has 0 atom stereocenters. The maximum Gasteiger partial charge on any atom is 2.00 e. The van der Waals surface area contributed by atoms with E-state index < -0.39 is 11.4 Å². The Hall–Kier alpha value is 2.64. The second-order valence-corrected chi connectivity index (χ2v) is 18.4. The molecule has 0 aliphatic carbocycles. The quantitative estimate of drug-likeness (QED) is 0.0424. The first kappa shape index (κ1) is 42.1. The van der Waals surface area contributed by atoms with Gasteiger partial charge in [-0.1, -0.05) is 128 Å². The second-order valence-electron chi connectivity index (χ2n) is 8.47. The molecule has 0 aliphatic rings. The predicted molar refractivity (Wildman–Crippen MR) is 169 cm³/mol. The molecule has 0 rings (SSSR count). The van der Waals surface area contributed by atoms with Gasteiger partial charge in [0.15, 0.2) is 0 Å². The molecule has 35 heavy (non-hydrogen) atoms. The van der Waals surface area contributed by atoms with E-state index in [1.807, 2.05) is 0 Å². The van der Waals surface area contributed by atoms with Crippen molar-refractivity contribution in [3.8, 4) is 0 Å². The molecule has 0 saturated carbocycles. The van der Waals surface area contributed by atoms with Crippen molar-refractivity contribution in [3.63, 3.8) is 0 Å². The molecule has 0 bridgehead atoms. The topological polar surface area (TPSA) is 36.9 Å². The molecule has 4 nitrogen and oxygen atoms in total. The third kappa shape index (κ3) is 36.6. The van der Waals surface area contributed by atoms with Crippen LogP contribution in [0.5, 0.6) is 0 Å². The van der Waals surface area contributed by atoms with Crippen LogP contribution in [0, 0.1) is 0 Å². The van der Waals surface area contributed by atoms with E-state index in [-0.39, 0.29) is 23.9 Å². The fraction of sp³-hybridized carbons (Fsp3) is 1.00. The number of unbranched alkanes of at least 4 members (excludes halogenated alkanes) is 12. The van der Waals surface area contributed by atoms with Crippen LogP contribution in [0.4, 0.5) is 0 Å². The molecule has 210 valence electrons. The molecule has 0 aliphatic heterocycles. The van der Waals surface area contributed by atoms with E-state index in [0.29, 0.717) is 26.4 Å². The van der Waals surface area contributed by atoms with E-state index >= 15 is 0 Å². The molecule has 0 spiro atoms. The fourth-order valence-electron chi connectivity index (χ4n) is 2.90. The van der Waals surface area contributed by atoms with Gasteiger partial charge in [-0.05, 0) is 25.7 Å². The van der Waals surface area contributed by atoms with Gasteiger partial charge in [0.05, 0.1) is 37.8 Å². The van der Waals surface area contributed by atoms with Crippen molar-refractivity contribution >= 4 is 83.4 Å². The van der Waals surface area contributed by atoms with Crippen molar-refractivity contribution < 1.29 is 18.1 Å². The maximum atomic E-state index is 5.50. The van der Waals surface area contributed by atoms with Crippen molar-refractivity contribution in [2.24, 2.45) is 0 Å². The van der Waals surface area contributed by atoms with Gasteiger partial charge in [0, 0.05) is 0 Å².